The third-order valence-electron chi connectivity index (χ3n) is 3.41. The average Bonchev–Trinajstić information content (AvgIpc) is 3.23. The molecule has 0 spiro atoms. The van der Waals surface area contributed by atoms with E-state index >= 15 is 0 Å². The first kappa shape index (κ1) is 13.5. The molecule has 0 atom stereocenters. The van der Waals surface area contributed by atoms with Crippen molar-refractivity contribution in [1.82, 2.24) is 4.57 Å². The van der Waals surface area contributed by atoms with Crippen molar-refractivity contribution in [3.63, 3.8) is 0 Å². The van der Waals surface area contributed by atoms with E-state index in [1.165, 1.54) is 0 Å². The number of amides is 1. The molecule has 1 aliphatic rings. The van der Waals surface area contributed by atoms with E-state index in [2.05, 4.69) is 17.2 Å². The van der Waals surface area contributed by atoms with E-state index in [4.69, 9.17) is 5.11 Å². The van der Waals surface area contributed by atoms with Gasteiger partial charge >= 0.3 is 0 Å². The molecule has 0 radical (unpaired) electrons. The Morgan fingerprint density at radius 2 is 2.05 bits per heavy atom. The predicted molar refractivity (Wildman–Crippen MR) is 81.1 cm³/mol. The summed E-state index contributed by atoms with van der Waals surface area (Å²) < 4.78 is 2.04. The largest absolute Gasteiger partial charge is 0.384 e. The fourth-order valence-corrected chi connectivity index (χ4v) is 2.23. The number of benzene rings is 1. The van der Waals surface area contributed by atoms with E-state index in [0.29, 0.717) is 11.7 Å². The molecule has 1 aromatic carbocycles. The summed E-state index contributed by atoms with van der Waals surface area (Å²) in [6, 6.07) is 11.5. The number of aromatic nitrogens is 1. The number of aliphatic hydroxyl groups is 1. The Hall–Kier alpha value is -2.51. The first-order valence-electron chi connectivity index (χ1n) is 6.96. The van der Waals surface area contributed by atoms with Gasteiger partial charge in [0, 0.05) is 23.5 Å². The lowest BCUT2D eigenvalue weighted by Crippen LogP contribution is -2.16. The van der Waals surface area contributed by atoms with Crippen LogP contribution in [0.5, 0.6) is 0 Å². The van der Waals surface area contributed by atoms with Gasteiger partial charge in [-0.1, -0.05) is 11.8 Å². The number of hydrogen-bond donors (Lipinski definition) is 2. The van der Waals surface area contributed by atoms with Crippen LogP contribution in [-0.2, 0) is 0 Å². The van der Waals surface area contributed by atoms with Crippen molar-refractivity contribution in [2.45, 2.75) is 18.9 Å². The van der Waals surface area contributed by atoms with E-state index < -0.39 is 0 Å². The number of aliphatic hydroxyl groups excluding tert-OH is 1. The number of hydrogen-bond acceptors (Lipinski definition) is 2. The zero-order chi connectivity index (χ0) is 14.7. The average molecular weight is 280 g/mol. The fourth-order valence-electron chi connectivity index (χ4n) is 2.23. The molecule has 4 nitrogen and oxygen atoms in total. The van der Waals surface area contributed by atoms with Crippen LogP contribution in [0, 0.1) is 11.8 Å². The number of rotatable bonds is 3. The van der Waals surface area contributed by atoms with Crippen LogP contribution in [0.4, 0.5) is 5.69 Å². The molecule has 1 heterocycles. The van der Waals surface area contributed by atoms with Gasteiger partial charge in [0.1, 0.15) is 12.3 Å². The normalized spacial score (nSPS) is 13.4. The Labute approximate surface area is 123 Å². The summed E-state index contributed by atoms with van der Waals surface area (Å²) in [4.78, 5) is 12.3. The second-order valence-electron chi connectivity index (χ2n) is 5.02. The van der Waals surface area contributed by atoms with Crippen molar-refractivity contribution in [2.75, 3.05) is 11.9 Å². The van der Waals surface area contributed by atoms with Crippen molar-refractivity contribution < 1.29 is 9.90 Å². The predicted octanol–water partition coefficient (Wildman–Crippen LogP) is 2.42. The summed E-state index contributed by atoms with van der Waals surface area (Å²) in [5.74, 6) is 5.31. The van der Waals surface area contributed by atoms with Gasteiger partial charge < -0.3 is 15.0 Å². The van der Waals surface area contributed by atoms with Crippen molar-refractivity contribution in [2.24, 2.45) is 0 Å². The zero-order valence-corrected chi connectivity index (χ0v) is 11.5. The van der Waals surface area contributed by atoms with Crippen LogP contribution in [0.2, 0.25) is 0 Å². The Kier molecular flexibility index (Phi) is 3.76. The Morgan fingerprint density at radius 3 is 2.71 bits per heavy atom. The van der Waals surface area contributed by atoms with Gasteiger partial charge in [0.2, 0.25) is 0 Å². The van der Waals surface area contributed by atoms with E-state index in [9.17, 15) is 4.79 Å². The molecule has 0 bridgehead atoms. The third kappa shape index (κ3) is 3.15. The maximum atomic E-state index is 12.3. The molecule has 21 heavy (non-hydrogen) atoms. The van der Waals surface area contributed by atoms with Gasteiger partial charge in [-0.05, 0) is 49.2 Å². The van der Waals surface area contributed by atoms with Crippen molar-refractivity contribution >= 4 is 11.6 Å². The second kappa shape index (κ2) is 5.86. The number of carbonyl (C=O) groups excluding carboxylic acids is 1. The van der Waals surface area contributed by atoms with Crippen LogP contribution in [0.3, 0.4) is 0 Å². The third-order valence-corrected chi connectivity index (χ3v) is 3.41. The molecular weight excluding hydrogens is 264 g/mol. The van der Waals surface area contributed by atoms with Gasteiger partial charge in [0.05, 0.1) is 0 Å². The molecule has 1 aromatic heterocycles. The van der Waals surface area contributed by atoms with Crippen LogP contribution in [0.25, 0.3) is 0 Å². The van der Waals surface area contributed by atoms with E-state index in [0.717, 1.165) is 24.1 Å². The lowest BCUT2D eigenvalue weighted by Gasteiger charge is -2.08. The van der Waals surface area contributed by atoms with Crippen molar-refractivity contribution in [1.29, 1.82) is 0 Å². The van der Waals surface area contributed by atoms with E-state index in [1.807, 2.05) is 47.2 Å². The van der Waals surface area contributed by atoms with Gasteiger partial charge in [-0.2, -0.15) is 0 Å². The molecule has 1 fully saturated rings. The van der Waals surface area contributed by atoms with Crippen LogP contribution >= 0.6 is 0 Å². The van der Waals surface area contributed by atoms with Gasteiger partial charge in [0.25, 0.3) is 5.91 Å². The summed E-state index contributed by atoms with van der Waals surface area (Å²) >= 11 is 0. The van der Waals surface area contributed by atoms with Gasteiger partial charge in [0.15, 0.2) is 0 Å². The van der Waals surface area contributed by atoms with Crippen LogP contribution in [-0.4, -0.2) is 22.2 Å². The molecule has 2 N–H and O–H groups in total. The minimum Gasteiger partial charge on any atom is -0.384 e. The number of anilines is 1. The highest BCUT2D eigenvalue weighted by Crippen LogP contribution is 2.36. The van der Waals surface area contributed by atoms with Crippen LogP contribution in [0.15, 0.2) is 42.6 Å². The van der Waals surface area contributed by atoms with Gasteiger partial charge in [-0.15, -0.1) is 0 Å². The summed E-state index contributed by atoms with van der Waals surface area (Å²) in [5, 5.41) is 11.5. The number of carbonyl (C=O) groups is 1. The molecule has 0 aliphatic heterocycles. The molecule has 0 unspecified atom stereocenters. The second-order valence-corrected chi connectivity index (χ2v) is 5.02. The molecular formula is C17H16N2O2. The molecule has 4 heteroatoms. The first-order valence-corrected chi connectivity index (χ1v) is 6.96. The van der Waals surface area contributed by atoms with Gasteiger partial charge in [-0.3, -0.25) is 4.79 Å². The van der Waals surface area contributed by atoms with E-state index in [1.54, 1.807) is 0 Å². The molecule has 1 aliphatic carbocycles. The Balaban J connectivity index is 1.71. The molecule has 0 saturated heterocycles. The van der Waals surface area contributed by atoms with E-state index in [-0.39, 0.29) is 12.5 Å². The Morgan fingerprint density at radius 1 is 1.29 bits per heavy atom. The molecule has 106 valence electrons. The molecule has 1 amide bonds. The van der Waals surface area contributed by atoms with Crippen LogP contribution < -0.4 is 5.32 Å². The summed E-state index contributed by atoms with van der Waals surface area (Å²) in [5.41, 5.74) is 2.24. The summed E-state index contributed by atoms with van der Waals surface area (Å²) in [7, 11) is 0. The highest BCUT2D eigenvalue weighted by molar-refractivity contribution is 6.03. The molecule has 2 aromatic rings. The minimum absolute atomic E-state index is 0.0962. The lowest BCUT2D eigenvalue weighted by atomic mass is 10.2. The minimum atomic E-state index is -0.156. The summed E-state index contributed by atoms with van der Waals surface area (Å²) in [6.45, 7) is -0.156. The number of nitrogens with zero attached hydrogens (tertiary/aromatic N) is 1. The standard InChI is InChI=1S/C17H16N2O2/c20-12-2-3-13-5-7-14(8-6-13)18-17(21)16-4-1-11-19(16)15-9-10-15/h1,4-8,11,15,20H,9-10,12H2,(H,18,21). The lowest BCUT2D eigenvalue weighted by molar-refractivity contribution is 0.101. The maximum Gasteiger partial charge on any atom is 0.272 e. The molecule has 3 rings (SSSR count). The number of nitrogens with one attached hydrogen (secondary N) is 1. The molecule has 1 saturated carbocycles. The SMILES string of the molecule is O=C(Nc1ccc(C#CCO)cc1)c1cccn1C1CC1. The van der Waals surface area contributed by atoms with Crippen molar-refractivity contribution in [3.8, 4) is 11.8 Å². The quantitative estimate of drug-likeness (QED) is 0.848. The smallest absolute Gasteiger partial charge is 0.272 e. The van der Waals surface area contributed by atoms with Crippen LogP contribution in [0.1, 0.15) is 34.9 Å². The maximum absolute atomic E-state index is 12.3. The monoisotopic (exact) mass is 280 g/mol. The first-order chi connectivity index (χ1) is 10.3. The Bertz CT molecular complexity index is 700. The summed E-state index contributed by atoms with van der Waals surface area (Å²) in [6.07, 6.45) is 4.25. The highest BCUT2D eigenvalue weighted by Gasteiger charge is 2.26. The van der Waals surface area contributed by atoms with Gasteiger partial charge in [-0.25, -0.2) is 0 Å². The fraction of sp³-hybridized carbons (Fsp3) is 0.235. The highest BCUT2D eigenvalue weighted by atomic mass is 16.2. The zero-order valence-electron chi connectivity index (χ0n) is 11.5. The topological polar surface area (TPSA) is 54.3 Å². The van der Waals surface area contributed by atoms with Crippen molar-refractivity contribution in [3.05, 3.63) is 53.9 Å².